The first-order chi connectivity index (χ1) is 28.8. The Labute approximate surface area is 343 Å². The Balaban J connectivity index is 1.16. The zero-order valence-electron chi connectivity index (χ0n) is 31.3. The number of thiophene rings is 2. The molecule has 3 aromatic heterocycles. The van der Waals surface area contributed by atoms with Crippen LogP contribution < -0.4 is 4.90 Å². The summed E-state index contributed by atoms with van der Waals surface area (Å²) in [5.74, 6) is 0. The predicted molar refractivity (Wildman–Crippen MR) is 252 cm³/mol. The molecule has 2 nitrogen and oxygen atoms in total. The maximum Gasteiger partial charge on any atom is 0.0555 e. The van der Waals surface area contributed by atoms with Gasteiger partial charge in [0.15, 0.2) is 0 Å². The second-order valence-corrected chi connectivity index (χ2v) is 17.0. The lowest BCUT2D eigenvalue weighted by Crippen LogP contribution is -2.10. The molecule has 0 atom stereocenters. The first kappa shape index (κ1) is 33.2. The van der Waals surface area contributed by atoms with E-state index in [2.05, 4.69) is 216 Å². The monoisotopic (exact) mass is 774 g/mol. The summed E-state index contributed by atoms with van der Waals surface area (Å²) < 4.78 is 7.57. The lowest BCUT2D eigenvalue weighted by molar-refractivity contribution is 1.18. The van der Waals surface area contributed by atoms with Gasteiger partial charge in [-0.25, -0.2) is 0 Å². The van der Waals surface area contributed by atoms with Gasteiger partial charge in [0.05, 0.1) is 16.7 Å². The minimum absolute atomic E-state index is 1.12. The van der Waals surface area contributed by atoms with Crippen molar-refractivity contribution in [2.75, 3.05) is 4.90 Å². The molecule has 0 bridgehead atoms. The van der Waals surface area contributed by atoms with E-state index in [9.17, 15) is 0 Å². The molecule has 12 rings (SSSR count). The van der Waals surface area contributed by atoms with Gasteiger partial charge in [0, 0.05) is 68.2 Å². The number of fused-ring (bicyclic) bond motifs is 9. The van der Waals surface area contributed by atoms with Crippen molar-refractivity contribution in [3.63, 3.8) is 0 Å². The number of benzene rings is 9. The van der Waals surface area contributed by atoms with Gasteiger partial charge < -0.3 is 9.47 Å². The van der Waals surface area contributed by atoms with E-state index in [1.807, 2.05) is 22.7 Å². The van der Waals surface area contributed by atoms with Crippen LogP contribution in [-0.4, -0.2) is 4.57 Å². The molecule has 0 aliphatic carbocycles. The largest absolute Gasteiger partial charge is 0.310 e. The van der Waals surface area contributed by atoms with Crippen molar-refractivity contribution in [3.05, 3.63) is 206 Å². The molecule has 0 saturated carbocycles. The fourth-order valence-corrected chi connectivity index (χ4v) is 11.3. The summed E-state index contributed by atoms with van der Waals surface area (Å²) in [5.41, 5.74) is 11.9. The van der Waals surface area contributed by atoms with Crippen LogP contribution >= 0.6 is 22.7 Å². The molecule has 0 N–H and O–H groups in total. The zero-order valence-corrected chi connectivity index (χ0v) is 33.0. The van der Waals surface area contributed by atoms with E-state index in [1.165, 1.54) is 90.1 Å². The van der Waals surface area contributed by atoms with Crippen LogP contribution in [0.3, 0.4) is 0 Å². The van der Waals surface area contributed by atoms with Crippen molar-refractivity contribution >= 4 is 102 Å². The summed E-state index contributed by atoms with van der Waals surface area (Å²) in [6.07, 6.45) is 0. The van der Waals surface area contributed by atoms with E-state index in [0.717, 1.165) is 17.1 Å². The highest BCUT2D eigenvalue weighted by molar-refractivity contribution is 7.26. The molecule has 9 aromatic carbocycles. The second-order valence-electron chi connectivity index (χ2n) is 14.9. The topological polar surface area (TPSA) is 8.17 Å². The lowest BCUT2D eigenvalue weighted by atomic mass is 9.98. The highest BCUT2D eigenvalue weighted by Gasteiger charge is 2.23. The van der Waals surface area contributed by atoms with Gasteiger partial charge in [-0.1, -0.05) is 133 Å². The number of nitrogens with zero attached hydrogens (tertiary/aromatic N) is 2. The number of hydrogen-bond donors (Lipinski definition) is 0. The first-order valence-electron chi connectivity index (χ1n) is 19.7. The predicted octanol–water partition coefficient (Wildman–Crippen LogP) is 16.3. The molecule has 0 aliphatic rings. The number of para-hydroxylation sites is 2. The highest BCUT2D eigenvalue weighted by atomic mass is 32.1. The Hall–Kier alpha value is -6.98. The van der Waals surface area contributed by atoms with Gasteiger partial charge in [0.2, 0.25) is 0 Å². The smallest absolute Gasteiger partial charge is 0.0555 e. The van der Waals surface area contributed by atoms with E-state index < -0.39 is 0 Å². The van der Waals surface area contributed by atoms with Gasteiger partial charge in [-0.05, 0) is 95.1 Å². The molecule has 0 fully saturated rings. The molecule has 0 radical (unpaired) electrons. The fraction of sp³-hybridized carbons (Fsp3) is 0. The third-order valence-electron chi connectivity index (χ3n) is 11.6. The van der Waals surface area contributed by atoms with Crippen LogP contribution in [0.15, 0.2) is 206 Å². The Morgan fingerprint density at radius 3 is 1.81 bits per heavy atom. The molecule has 0 spiro atoms. The minimum Gasteiger partial charge on any atom is -0.310 e. The maximum atomic E-state index is 2.51. The van der Waals surface area contributed by atoms with Crippen molar-refractivity contribution in [1.82, 2.24) is 4.57 Å². The Morgan fingerprint density at radius 2 is 1.00 bits per heavy atom. The van der Waals surface area contributed by atoms with Crippen molar-refractivity contribution in [2.24, 2.45) is 0 Å². The molecule has 58 heavy (non-hydrogen) atoms. The SMILES string of the molecule is c1ccc(-c2ccc3c(c2)sc2c(-c4ccccc4)ccc(N(c4ccc5sc6ccccc6c5c4)c4ccc5c(c4)c4ccccc4n5-c4ccccc4)c23)cc1. The van der Waals surface area contributed by atoms with Gasteiger partial charge in [0.1, 0.15) is 0 Å². The van der Waals surface area contributed by atoms with E-state index in [0.29, 0.717) is 0 Å². The standard InChI is InChI=1S/C54H34N2S2/c1-4-14-35(15-5-1)37-24-27-44-52(32-37)58-54-41(36-16-6-2-7-17-36)28-30-49(53(44)54)55(40-26-31-51-46(34-40)43-21-11-13-23-50(43)57-51)39-25-29-48-45(33-39)42-20-10-12-22-47(42)56(48)38-18-8-3-9-19-38/h1-34H. The summed E-state index contributed by atoms with van der Waals surface area (Å²) in [5, 5.41) is 7.57. The van der Waals surface area contributed by atoms with Crippen LogP contribution in [0, 0.1) is 0 Å². The molecular weight excluding hydrogens is 741 g/mol. The van der Waals surface area contributed by atoms with Gasteiger partial charge in [0.25, 0.3) is 0 Å². The van der Waals surface area contributed by atoms with Gasteiger partial charge in [-0.15, -0.1) is 22.7 Å². The van der Waals surface area contributed by atoms with E-state index in [-0.39, 0.29) is 0 Å². The molecule has 0 unspecified atom stereocenters. The third-order valence-corrected chi connectivity index (χ3v) is 13.9. The normalized spacial score (nSPS) is 11.8. The Kier molecular flexibility index (Phi) is 7.62. The summed E-state index contributed by atoms with van der Waals surface area (Å²) in [6, 6.07) is 75.7. The molecule has 12 aromatic rings. The highest BCUT2D eigenvalue weighted by Crippen LogP contribution is 2.50. The minimum atomic E-state index is 1.12. The summed E-state index contributed by atoms with van der Waals surface area (Å²) >= 11 is 3.76. The second kappa shape index (κ2) is 13.3. The molecule has 0 saturated heterocycles. The molecule has 0 aliphatic heterocycles. The van der Waals surface area contributed by atoms with Crippen molar-refractivity contribution in [3.8, 4) is 27.9 Å². The first-order valence-corrected chi connectivity index (χ1v) is 21.3. The average Bonchev–Trinajstić information content (AvgIpc) is 3.97. The van der Waals surface area contributed by atoms with Crippen molar-refractivity contribution < 1.29 is 0 Å². The van der Waals surface area contributed by atoms with Crippen LogP contribution in [0.2, 0.25) is 0 Å². The zero-order chi connectivity index (χ0) is 38.2. The summed E-state index contributed by atoms with van der Waals surface area (Å²) in [7, 11) is 0. The van der Waals surface area contributed by atoms with Gasteiger partial charge >= 0.3 is 0 Å². The maximum absolute atomic E-state index is 2.51. The number of rotatable bonds is 6. The van der Waals surface area contributed by atoms with Crippen LogP contribution in [-0.2, 0) is 0 Å². The molecule has 4 heteroatoms. The Morgan fingerprint density at radius 1 is 0.362 bits per heavy atom. The van der Waals surface area contributed by atoms with Crippen molar-refractivity contribution in [1.29, 1.82) is 0 Å². The molecule has 3 heterocycles. The fourth-order valence-electron chi connectivity index (χ4n) is 8.94. The van der Waals surface area contributed by atoms with E-state index in [1.54, 1.807) is 0 Å². The number of anilines is 3. The van der Waals surface area contributed by atoms with Crippen LogP contribution in [0.5, 0.6) is 0 Å². The van der Waals surface area contributed by atoms with E-state index in [4.69, 9.17) is 0 Å². The van der Waals surface area contributed by atoms with Crippen molar-refractivity contribution in [2.45, 2.75) is 0 Å². The quantitative estimate of drug-likeness (QED) is 0.163. The number of hydrogen-bond acceptors (Lipinski definition) is 3. The van der Waals surface area contributed by atoms with Crippen LogP contribution in [0.25, 0.3) is 90.1 Å². The number of aromatic nitrogens is 1. The average molecular weight is 775 g/mol. The van der Waals surface area contributed by atoms with Crippen LogP contribution in [0.4, 0.5) is 17.1 Å². The van der Waals surface area contributed by atoms with Gasteiger partial charge in [-0.2, -0.15) is 0 Å². The molecule has 272 valence electrons. The van der Waals surface area contributed by atoms with E-state index >= 15 is 0 Å². The molecule has 0 amide bonds. The molecular formula is C54H34N2S2. The van der Waals surface area contributed by atoms with Gasteiger partial charge in [-0.3, -0.25) is 0 Å². The third kappa shape index (κ3) is 5.23. The van der Waals surface area contributed by atoms with Crippen LogP contribution in [0.1, 0.15) is 0 Å². The lowest BCUT2D eigenvalue weighted by Gasteiger charge is -2.27. The Bertz CT molecular complexity index is 3500. The summed E-state index contributed by atoms with van der Waals surface area (Å²) in [4.78, 5) is 2.51. The summed E-state index contributed by atoms with van der Waals surface area (Å²) in [6.45, 7) is 0.